The highest BCUT2D eigenvalue weighted by Gasteiger charge is 2.21. The number of unbranched alkanes of at least 4 members (excludes halogenated alkanes) is 2. The highest BCUT2D eigenvalue weighted by atomic mass is 14.3. The number of hydrogen-bond acceptors (Lipinski definition) is 1. The molecule has 0 aromatic carbocycles. The van der Waals surface area contributed by atoms with Crippen molar-refractivity contribution in [2.75, 3.05) is 0 Å². The molecule has 0 spiro atoms. The van der Waals surface area contributed by atoms with Gasteiger partial charge in [-0.2, -0.15) is 5.26 Å². The molecule has 0 atom stereocenters. The van der Waals surface area contributed by atoms with E-state index in [0.717, 1.165) is 17.8 Å². The van der Waals surface area contributed by atoms with E-state index in [1.807, 2.05) is 18.2 Å². The Hall–Kier alpha value is -1.29. The van der Waals surface area contributed by atoms with Crippen LogP contribution in [0.3, 0.4) is 0 Å². The fourth-order valence-corrected chi connectivity index (χ4v) is 4.52. The number of nitriles is 1. The van der Waals surface area contributed by atoms with Crippen molar-refractivity contribution in [3.8, 4) is 6.07 Å². The molecule has 0 saturated heterocycles. The van der Waals surface area contributed by atoms with Gasteiger partial charge in [0.05, 0.1) is 6.07 Å². The molecular weight excluding hydrogens is 302 g/mol. The van der Waals surface area contributed by atoms with Crippen LogP contribution in [0.15, 0.2) is 36.5 Å². The molecule has 1 nitrogen and oxygen atoms in total. The van der Waals surface area contributed by atoms with Gasteiger partial charge in [0.2, 0.25) is 0 Å². The molecule has 0 aromatic heterocycles. The molecular formula is C24H37N. The third kappa shape index (κ3) is 8.08. The van der Waals surface area contributed by atoms with E-state index in [9.17, 15) is 0 Å². The third-order valence-corrected chi connectivity index (χ3v) is 6.24. The molecule has 2 aliphatic carbocycles. The average molecular weight is 340 g/mol. The Kier molecular flexibility index (Phi) is 9.71. The summed E-state index contributed by atoms with van der Waals surface area (Å²) in [7, 11) is 0. The van der Waals surface area contributed by atoms with Crippen molar-refractivity contribution in [2.45, 2.75) is 84.0 Å². The predicted molar refractivity (Wildman–Crippen MR) is 108 cm³/mol. The van der Waals surface area contributed by atoms with Gasteiger partial charge in [0, 0.05) is 6.08 Å². The molecule has 2 fully saturated rings. The number of hydrogen-bond donors (Lipinski definition) is 0. The Bertz CT molecular complexity index is 463. The summed E-state index contributed by atoms with van der Waals surface area (Å²) in [6.07, 6.45) is 29.6. The van der Waals surface area contributed by atoms with Crippen LogP contribution < -0.4 is 0 Å². The second-order valence-electron chi connectivity index (χ2n) is 8.21. The summed E-state index contributed by atoms with van der Waals surface area (Å²) in [5.41, 5.74) is 0. The predicted octanol–water partition coefficient (Wildman–Crippen LogP) is 7.37. The zero-order chi connectivity index (χ0) is 17.7. The highest BCUT2D eigenvalue weighted by molar-refractivity contribution is 5.12. The minimum atomic E-state index is 0.714. The standard InChI is InChI=1S/C24H37N/c1-2-3-5-8-21-10-14-23(15-11-21)18-19-24-16-12-22(13-17-24)9-6-4-7-20-25/h4,6-7,9,18-19,21-24H,2-3,5,8,10-17H2,1H3/b7-4?,9-6?,19-18+/t21-,22?,23-,24?. The minimum absolute atomic E-state index is 0.714. The molecule has 1 heteroatoms. The van der Waals surface area contributed by atoms with Crippen LogP contribution in [0.1, 0.15) is 84.0 Å². The summed E-state index contributed by atoms with van der Waals surface area (Å²) in [6.45, 7) is 2.30. The molecule has 0 aromatic rings. The summed E-state index contributed by atoms with van der Waals surface area (Å²) >= 11 is 0. The summed E-state index contributed by atoms with van der Waals surface area (Å²) in [5.74, 6) is 3.40. The zero-order valence-corrected chi connectivity index (χ0v) is 16.2. The van der Waals surface area contributed by atoms with Crippen LogP contribution in [-0.4, -0.2) is 0 Å². The number of nitrogens with zero attached hydrogens (tertiary/aromatic N) is 1. The number of allylic oxidation sites excluding steroid dienone is 6. The van der Waals surface area contributed by atoms with Gasteiger partial charge in [-0.25, -0.2) is 0 Å². The van der Waals surface area contributed by atoms with Crippen molar-refractivity contribution >= 4 is 0 Å². The Balaban J connectivity index is 1.61. The Morgan fingerprint density at radius 1 is 0.760 bits per heavy atom. The van der Waals surface area contributed by atoms with Gasteiger partial charge in [-0.1, -0.05) is 63.0 Å². The minimum Gasteiger partial charge on any atom is -0.193 e. The molecule has 0 heterocycles. The third-order valence-electron chi connectivity index (χ3n) is 6.24. The van der Waals surface area contributed by atoms with Gasteiger partial charge >= 0.3 is 0 Å². The van der Waals surface area contributed by atoms with Gasteiger partial charge in [-0.3, -0.25) is 0 Å². The maximum absolute atomic E-state index is 8.49. The van der Waals surface area contributed by atoms with Gasteiger partial charge in [0.15, 0.2) is 0 Å². The fourth-order valence-electron chi connectivity index (χ4n) is 4.52. The van der Waals surface area contributed by atoms with Crippen molar-refractivity contribution in [3.63, 3.8) is 0 Å². The Labute approximate surface area is 155 Å². The monoisotopic (exact) mass is 339 g/mol. The van der Waals surface area contributed by atoms with E-state index in [0.29, 0.717) is 5.92 Å². The van der Waals surface area contributed by atoms with Crippen molar-refractivity contribution in [1.29, 1.82) is 5.26 Å². The molecule has 138 valence electrons. The van der Waals surface area contributed by atoms with Crippen molar-refractivity contribution in [2.24, 2.45) is 23.7 Å². The maximum Gasteiger partial charge on any atom is 0.0912 e. The smallest absolute Gasteiger partial charge is 0.0912 e. The summed E-state index contributed by atoms with van der Waals surface area (Å²) in [4.78, 5) is 0. The first-order valence-electron chi connectivity index (χ1n) is 10.7. The van der Waals surface area contributed by atoms with Crippen molar-refractivity contribution < 1.29 is 0 Å². The largest absolute Gasteiger partial charge is 0.193 e. The van der Waals surface area contributed by atoms with E-state index in [1.165, 1.54) is 77.0 Å². The van der Waals surface area contributed by atoms with Crippen LogP contribution in [0.4, 0.5) is 0 Å². The van der Waals surface area contributed by atoms with Gasteiger partial charge < -0.3 is 0 Å². The van der Waals surface area contributed by atoms with Crippen LogP contribution in [0.25, 0.3) is 0 Å². The van der Waals surface area contributed by atoms with Crippen LogP contribution in [0.2, 0.25) is 0 Å². The van der Waals surface area contributed by atoms with Gasteiger partial charge in [-0.15, -0.1) is 0 Å². The van der Waals surface area contributed by atoms with E-state index in [4.69, 9.17) is 5.26 Å². The first kappa shape index (κ1) is 20.0. The second-order valence-corrected chi connectivity index (χ2v) is 8.21. The molecule has 0 unspecified atom stereocenters. The Morgan fingerprint density at radius 2 is 1.32 bits per heavy atom. The zero-order valence-electron chi connectivity index (χ0n) is 16.2. The van der Waals surface area contributed by atoms with Crippen LogP contribution in [-0.2, 0) is 0 Å². The highest BCUT2D eigenvalue weighted by Crippen LogP contribution is 2.34. The van der Waals surface area contributed by atoms with Crippen LogP contribution >= 0.6 is 0 Å². The molecule has 2 rings (SSSR count). The molecule has 0 aliphatic heterocycles. The van der Waals surface area contributed by atoms with Crippen molar-refractivity contribution in [1.82, 2.24) is 0 Å². The average Bonchev–Trinajstić information content (AvgIpc) is 2.66. The van der Waals surface area contributed by atoms with Gasteiger partial charge in [0.25, 0.3) is 0 Å². The first-order valence-corrected chi connectivity index (χ1v) is 10.7. The van der Waals surface area contributed by atoms with Crippen LogP contribution in [0, 0.1) is 35.0 Å². The second kappa shape index (κ2) is 12.1. The lowest BCUT2D eigenvalue weighted by molar-refractivity contribution is 0.287. The first-order chi connectivity index (χ1) is 12.3. The fraction of sp³-hybridized carbons (Fsp3) is 0.708. The summed E-state index contributed by atoms with van der Waals surface area (Å²) in [6, 6.07) is 2.03. The molecule has 0 amide bonds. The SMILES string of the molecule is CCCCC[C@H]1CC[C@H](/C=C/C2CCC(C=CC=CC#N)CC2)CC1. The van der Waals surface area contributed by atoms with E-state index in [-0.39, 0.29) is 0 Å². The summed E-state index contributed by atoms with van der Waals surface area (Å²) < 4.78 is 0. The lowest BCUT2D eigenvalue weighted by Gasteiger charge is -2.28. The van der Waals surface area contributed by atoms with Gasteiger partial charge in [-0.05, 0) is 75.0 Å². The topological polar surface area (TPSA) is 23.8 Å². The Morgan fingerprint density at radius 3 is 1.88 bits per heavy atom. The normalized spacial score (nSPS) is 31.0. The molecule has 2 saturated carbocycles. The maximum atomic E-state index is 8.49. The van der Waals surface area contributed by atoms with E-state index >= 15 is 0 Å². The number of rotatable bonds is 8. The molecule has 0 bridgehead atoms. The quantitative estimate of drug-likeness (QED) is 0.196. The van der Waals surface area contributed by atoms with E-state index < -0.39 is 0 Å². The van der Waals surface area contributed by atoms with Crippen LogP contribution in [0.5, 0.6) is 0 Å². The summed E-state index contributed by atoms with van der Waals surface area (Å²) in [5, 5.41) is 8.49. The lowest BCUT2D eigenvalue weighted by Crippen LogP contribution is -2.14. The lowest BCUT2D eigenvalue weighted by atomic mass is 9.78. The molecule has 0 radical (unpaired) electrons. The van der Waals surface area contributed by atoms with Crippen molar-refractivity contribution in [3.05, 3.63) is 36.5 Å². The van der Waals surface area contributed by atoms with Gasteiger partial charge in [0.1, 0.15) is 0 Å². The van der Waals surface area contributed by atoms with E-state index in [1.54, 1.807) is 6.08 Å². The van der Waals surface area contributed by atoms with E-state index in [2.05, 4.69) is 25.2 Å². The molecule has 25 heavy (non-hydrogen) atoms. The molecule has 0 N–H and O–H groups in total. The molecule has 2 aliphatic rings.